The maximum Gasteiger partial charge on any atom is 0.317 e. The van der Waals surface area contributed by atoms with E-state index in [9.17, 15) is 9.59 Å². The molecule has 1 heterocycles. The van der Waals surface area contributed by atoms with E-state index < -0.39 is 0 Å². The van der Waals surface area contributed by atoms with Crippen LogP contribution >= 0.6 is 0 Å². The van der Waals surface area contributed by atoms with E-state index in [4.69, 9.17) is 18.9 Å². The number of hydrogen-bond acceptors (Lipinski definition) is 7. The van der Waals surface area contributed by atoms with Gasteiger partial charge in [-0.05, 0) is 75.8 Å². The molecule has 1 aliphatic heterocycles. The molecule has 59 heavy (non-hydrogen) atoms. The van der Waals surface area contributed by atoms with Crippen LogP contribution in [-0.2, 0) is 36.8 Å². The summed E-state index contributed by atoms with van der Waals surface area (Å²) in [6, 6.07) is 38.5. The number of hydrogen-bond donors (Lipinski definition) is 2. The summed E-state index contributed by atoms with van der Waals surface area (Å²) in [4.78, 5) is 30.6. The van der Waals surface area contributed by atoms with E-state index in [1.165, 1.54) is 59.2 Å². The van der Waals surface area contributed by atoms with Crippen LogP contribution < -0.4 is 10.6 Å². The third-order valence-electron chi connectivity index (χ3n) is 11.7. The van der Waals surface area contributed by atoms with Gasteiger partial charge in [-0.2, -0.15) is 0 Å². The van der Waals surface area contributed by atoms with Crippen molar-refractivity contribution in [3.63, 3.8) is 0 Å². The molecule has 10 nitrogen and oxygen atoms in total. The van der Waals surface area contributed by atoms with Gasteiger partial charge in [0.2, 0.25) is 5.91 Å². The van der Waals surface area contributed by atoms with Gasteiger partial charge in [-0.15, -0.1) is 0 Å². The van der Waals surface area contributed by atoms with Crippen molar-refractivity contribution in [3.05, 3.63) is 120 Å². The first-order valence-corrected chi connectivity index (χ1v) is 20.7. The lowest BCUT2D eigenvalue weighted by molar-refractivity contribution is -0.122. The van der Waals surface area contributed by atoms with Crippen LogP contribution in [0.3, 0.4) is 0 Å². The number of carbonyl (C=O) groups excluding carboxylic acids is 2. The van der Waals surface area contributed by atoms with Gasteiger partial charge in [0, 0.05) is 39.3 Å². The molecule has 10 heteroatoms. The van der Waals surface area contributed by atoms with Gasteiger partial charge in [-0.3, -0.25) is 9.69 Å². The normalized spacial score (nSPS) is 16.3. The average Bonchev–Trinajstić information content (AvgIpc) is 3.26. The Morgan fingerprint density at radius 3 is 1.31 bits per heavy atom. The summed E-state index contributed by atoms with van der Waals surface area (Å²) in [5, 5.41) is 20.9. The average molecular weight is 791 g/mol. The minimum absolute atomic E-state index is 0.0472. The summed E-state index contributed by atoms with van der Waals surface area (Å²) in [6.45, 7) is 6.35. The molecular weight excluding hydrogens is 741 g/mol. The summed E-state index contributed by atoms with van der Waals surface area (Å²) >= 11 is 0. The Labute approximate surface area is 343 Å². The Morgan fingerprint density at radius 1 is 0.441 bits per heavy atom. The lowest BCUT2D eigenvalue weighted by Crippen LogP contribution is -2.43. The smallest absolute Gasteiger partial charge is 0.317 e. The number of rotatable bonds is 6. The number of nitrogens with one attached hydrogen (secondary N) is 2. The second kappa shape index (κ2) is 18.1. The van der Waals surface area contributed by atoms with Crippen molar-refractivity contribution in [2.24, 2.45) is 0 Å². The van der Waals surface area contributed by atoms with Crippen LogP contribution in [0, 0.1) is 0 Å². The zero-order valence-electron chi connectivity index (χ0n) is 33.3. The molecule has 2 N–H and O–H groups in total. The SMILES string of the molecule is O=C(CN1CCOCCOCCN(C(=O)NCc2ccc3ccc4cccc5ccc2c3c45)CCOCCOCC1)NCc1ccc2ccc3cccc4ccc1c2c34. The van der Waals surface area contributed by atoms with Gasteiger partial charge in [0.15, 0.2) is 0 Å². The Hall–Kier alpha value is -5.62. The number of ether oxygens (including phenoxy) is 4. The predicted octanol–water partition coefficient (Wildman–Crippen LogP) is 7.69. The highest BCUT2D eigenvalue weighted by molar-refractivity contribution is 6.24. The maximum atomic E-state index is 13.5. The summed E-state index contributed by atoms with van der Waals surface area (Å²) < 4.78 is 23.6. The highest BCUT2D eigenvalue weighted by Crippen LogP contribution is 2.37. The van der Waals surface area contributed by atoms with Crippen molar-refractivity contribution in [1.82, 2.24) is 20.4 Å². The van der Waals surface area contributed by atoms with Gasteiger partial charge in [0.05, 0.1) is 59.4 Å². The molecule has 8 aromatic rings. The number of amides is 3. The number of urea groups is 1. The molecule has 0 aromatic heterocycles. The number of benzene rings is 8. The van der Waals surface area contributed by atoms with Crippen molar-refractivity contribution < 1.29 is 28.5 Å². The van der Waals surface area contributed by atoms with Crippen LogP contribution in [0.15, 0.2) is 109 Å². The van der Waals surface area contributed by atoms with E-state index in [-0.39, 0.29) is 18.5 Å². The van der Waals surface area contributed by atoms with Gasteiger partial charge in [0.25, 0.3) is 0 Å². The molecule has 1 saturated heterocycles. The van der Waals surface area contributed by atoms with Crippen molar-refractivity contribution in [2.75, 3.05) is 85.6 Å². The van der Waals surface area contributed by atoms with Crippen molar-refractivity contribution in [1.29, 1.82) is 0 Å². The highest BCUT2D eigenvalue weighted by Gasteiger charge is 2.17. The van der Waals surface area contributed by atoms with Crippen LogP contribution in [0.4, 0.5) is 4.79 Å². The summed E-state index contributed by atoms with van der Waals surface area (Å²) in [6.07, 6.45) is 0. The quantitative estimate of drug-likeness (QED) is 0.167. The number of nitrogens with zero attached hydrogens (tertiary/aromatic N) is 2. The third-order valence-corrected chi connectivity index (χ3v) is 11.7. The molecular formula is C49H50N4O6. The van der Waals surface area contributed by atoms with E-state index in [0.29, 0.717) is 92.1 Å². The fourth-order valence-corrected chi connectivity index (χ4v) is 8.60. The van der Waals surface area contributed by atoms with Gasteiger partial charge in [-0.1, -0.05) is 109 Å². The van der Waals surface area contributed by atoms with E-state index in [0.717, 1.165) is 16.5 Å². The van der Waals surface area contributed by atoms with Crippen molar-refractivity contribution in [3.8, 4) is 0 Å². The fraction of sp³-hybridized carbons (Fsp3) is 0.306. The molecule has 1 fully saturated rings. The molecule has 302 valence electrons. The van der Waals surface area contributed by atoms with Crippen LogP contribution in [0.2, 0.25) is 0 Å². The van der Waals surface area contributed by atoms with Crippen LogP contribution in [0.25, 0.3) is 64.6 Å². The first-order chi connectivity index (χ1) is 29.1. The fourth-order valence-electron chi connectivity index (χ4n) is 8.60. The lowest BCUT2D eigenvalue weighted by atomic mass is 9.92. The minimum Gasteiger partial charge on any atom is -0.378 e. The standard InChI is InChI=1S/C49H50N4O6/c54-44(50-31-40-13-11-38-9-7-34-3-1-5-36-15-17-42(40)47(38)45(34)36)33-52-19-23-56-27-29-58-25-21-53(22-26-59-30-28-57-24-20-52)49(55)51-32-41-14-12-39-10-8-35-4-2-6-37-16-18-43(41)48(39)46(35)37/h1-18H,19-33H2,(H,50,54)(H,51,55). The van der Waals surface area contributed by atoms with Gasteiger partial charge < -0.3 is 34.5 Å². The Balaban J connectivity index is 0.754. The first kappa shape index (κ1) is 38.9. The summed E-state index contributed by atoms with van der Waals surface area (Å²) in [7, 11) is 0. The Kier molecular flexibility index (Phi) is 11.9. The molecule has 0 radical (unpaired) electrons. The molecule has 0 atom stereocenters. The monoisotopic (exact) mass is 790 g/mol. The van der Waals surface area contributed by atoms with Gasteiger partial charge >= 0.3 is 6.03 Å². The van der Waals surface area contributed by atoms with Gasteiger partial charge in [0.1, 0.15) is 0 Å². The minimum atomic E-state index is -0.162. The molecule has 8 aromatic carbocycles. The van der Waals surface area contributed by atoms with Crippen LogP contribution in [0.5, 0.6) is 0 Å². The topological polar surface area (TPSA) is 102 Å². The lowest BCUT2D eigenvalue weighted by Gasteiger charge is -2.24. The third kappa shape index (κ3) is 8.59. The Bertz CT molecular complexity index is 2650. The molecule has 9 rings (SSSR count). The molecule has 3 amide bonds. The summed E-state index contributed by atoms with van der Waals surface area (Å²) in [5.41, 5.74) is 2.17. The van der Waals surface area contributed by atoms with E-state index in [1.807, 2.05) is 0 Å². The van der Waals surface area contributed by atoms with E-state index in [2.05, 4.69) is 125 Å². The molecule has 0 aliphatic carbocycles. The molecule has 0 unspecified atom stereocenters. The Morgan fingerprint density at radius 2 is 0.831 bits per heavy atom. The summed E-state index contributed by atoms with van der Waals surface area (Å²) in [5.74, 6) is -0.0472. The van der Waals surface area contributed by atoms with Gasteiger partial charge in [-0.25, -0.2) is 4.79 Å². The van der Waals surface area contributed by atoms with Crippen molar-refractivity contribution in [2.45, 2.75) is 13.1 Å². The number of carbonyl (C=O) groups is 2. The zero-order valence-corrected chi connectivity index (χ0v) is 33.3. The van der Waals surface area contributed by atoms with E-state index >= 15 is 0 Å². The van der Waals surface area contributed by atoms with Crippen molar-refractivity contribution >= 4 is 76.6 Å². The molecule has 1 aliphatic rings. The zero-order chi connectivity index (χ0) is 40.0. The highest BCUT2D eigenvalue weighted by atomic mass is 16.5. The molecule has 0 bridgehead atoms. The van der Waals surface area contributed by atoms with E-state index in [1.54, 1.807) is 4.90 Å². The first-order valence-electron chi connectivity index (χ1n) is 20.7. The molecule has 0 saturated carbocycles. The maximum absolute atomic E-state index is 13.5. The van der Waals surface area contributed by atoms with Crippen LogP contribution in [0.1, 0.15) is 11.1 Å². The second-order valence-electron chi connectivity index (χ2n) is 15.3. The largest absolute Gasteiger partial charge is 0.378 e. The molecule has 0 spiro atoms. The second-order valence-corrected chi connectivity index (χ2v) is 15.3. The van der Waals surface area contributed by atoms with Crippen LogP contribution in [-0.4, -0.2) is 107 Å². The predicted molar refractivity (Wildman–Crippen MR) is 236 cm³/mol.